The smallest absolute Gasteiger partial charge is 0.122 e. The van der Waals surface area contributed by atoms with Gasteiger partial charge in [0.1, 0.15) is 11.1 Å². The third-order valence-electron chi connectivity index (χ3n) is 3.43. The Kier molecular flexibility index (Phi) is 3.57. The van der Waals surface area contributed by atoms with Gasteiger partial charge in [-0.25, -0.2) is 4.98 Å². The van der Waals surface area contributed by atoms with Crippen LogP contribution in [0.1, 0.15) is 61.3 Å². The van der Waals surface area contributed by atoms with Crippen LogP contribution in [0.5, 0.6) is 0 Å². The largest absolute Gasteiger partial charge is 0.374 e. The molecule has 0 aliphatic heterocycles. The van der Waals surface area contributed by atoms with Crippen molar-refractivity contribution in [2.45, 2.75) is 52.2 Å². The zero-order valence-corrected chi connectivity index (χ0v) is 11.9. The number of rotatable bonds is 3. The Labute approximate surface area is 107 Å². The van der Waals surface area contributed by atoms with Crippen molar-refractivity contribution < 1.29 is 4.74 Å². The summed E-state index contributed by atoms with van der Waals surface area (Å²) in [6.45, 7) is 6.66. The summed E-state index contributed by atoms with van der Waals surface area (Å²) in [5.74, 6) is 0. The monoisotopic (exact) mass is 254 g/mol. The van der Waals surface area contributed by atoms with Crippen molar-refractivity contribution in [1.29, 1.82) is 0 Å². The molecule has 1 heterocycles. The summed E-state index contributed by atoms with van der Waals surface area (Å²) in [4.78, 5) is 6.03. The van der Waals surface area contributed by atoms with Gasteiger partial charge < -0.3 is 10.5 Å². The third kappa shape index (κ3) is 2.54. The molecule has 1 aromatic heterocycles. The van der Waals surface area contributed by atoms with E-state index in [1.165, 1.54) is 10.6 Å². The first kappa shape index (κ1) is 13.0. The summed E-state index contributed by atoms with van der Waals surface area (Å²) >= 11 is 1.74. The van der Waals surface area contributed by atoms with Crippen molar-refractivity contribution in [3.63, 3.8) is 0 Å². The summed E-state index contributed by atoms with van der Waals surface area (Å²) < 4.78 is 5.46. The highest BCUT2D eigenvalue weighted by molar-refractivity contribution is 7.11. The Morgan fingerprint density at radius 2 is 2.29 bits per heavy atom. The van der Waals surface area contributed by atoms with Gasteiger partial charge >= 0.3 is 0 Å². The van der Waals surface area contributed by atoms with E-state index >= 15 is 0 Å². The highest BCUT2D eigenvalue weighted by Gasteiger charge is 2.33. The van der Waals surface area contributed by atoms with Gasteiger partial charge in [-0.2, -0.15) is 0 Å². The minimum atomic E-state index is 0.126. The molecule has 0 bridgehead atoms. The second-order valence-corrected chi connectivity index (χ2v) is 6.71. The predicted octanol–water partition coefficient (Wildman–Crippen LogP) is 3.21. The van der Waals surface area contributed by atoms with Crippen LogP contribution in [0.4, 0.5) is 0 Å². The van der Waals surface area contributed by atoms with Crippen molar-refractivity contribution in [2.24, 2.45) is 11.1 Å². The van der Waals surface area contributed by atoms with Crippen LogP contribution >= 0.6 is 11.3 Å². The van der Waals surface area contributed by atoms with E-state index in [9.17, 15) is 0 Å². The van der Waals surface area contributed by atoms with Gasteiger partial charge in [-0.3, -0.25) is 0 Å². The molecule has 4 heteroatoms. The number of fused-ring (bicyclic) bond motifs is 1. The summed E-state index contributed by atoms with van der Waals surface area (Å²) in [5.41, 5.74) is 7.72. The zero-order valence-electron chi connectivity index (χ0n) is 11.1. The minimum absolute atomic E-state index is 0.126. The maximum atomic E-state index is 6.25. The average molecular weight is 254 g/mol. The van der Waals surface area contributed by atoms with E-state index in [2.05, 4.69) is 20.8 Å². The van der Waals surface area contributed by atoms with Crippen molar-refractivity contribution in [3.05, 3.63) is 15.6 Å². The molecule has 2 N–H and O–H groups in total. The summed E-state index contributed by atoms with van der Waals surface area (Å²) in [5, 5.41) is 1.09. The average Bonchev–Trinajstić information content (AvgIpc) is 2.61. The molecule has 2 atom stereocenters. The SMILES string of the molecule is CCC(OC)c1nc2c(s1)C(N)CC(C)(C)C2. The van der Waals surface area contributed by atoms with E-state index in [-0.39, 0.29) is 17.6 Å². The summed E-state index contributed by atoms with van der Waals surface area (Å²) in [6.07, 6.45) is 3.17. The van der Waals surface area contributed by atoms with E-state index in [0.29, 0.717) is 0 Å². The number of thiazole rings is 1. The Balaban J connectivity index is 2.32. The zero-order chi connectivity index (χ0) is 12.6. The maximum Gasteiger partial charge on any atom is 0.122 e. The van der Waals surface area contributed by atoms with E-state index in [4.69, 9.17) is 15.5 Å². The van der Waals surface area contributed by atoms with Crippen molar-refractivity contribution >= 4 is 11.3 Å². The molecule has 96 valence electrons. The van der Waals surface area contributed by atoms with E-state index < -0.39 is 0 Å². The van der Waals surface area contributed by atoms with Crippen LogP contribution in [-0.2, 0) is 11.2 Å². The molecule has 2 unspecified atom stereocenters. The first-order valence-electron chi connectivity index (χ1n) is 6.24. The lowest BCUT2D eigenvalue weighted by Crippen LogP contribution is -2.28. The van der Waals surface area contributed by atoms with Crippen LogP contribution < -0.4 is 5.73 Å². The summed E-state index contributed by atoms with van der Waals surface area (Å²) in [7, 11) is 1.75. The first-order chi connectivity index (χ1) is 7.96. The Morgan fingerprint density at radius 1 is 1.59 bits per heavy atom. The highest BCUT2D eigenvalue weighted by atomic mass is 32.1. The number of nitrogens with two attached hydrogens (primary N) is 1. The van der Waals surface area contributed by atoms with Gasteiger partial charge in [0.15, 0.2) is 0 Å². The van der Waals surface area contributed by atoms with Crippen LogP contribution in [0.15, 0.2) is 0 Å². The molecule has 3 nitrogen and oxygen atoms in total. The molecule has 0 saturated carbocycles. The van der Waals surface area contributed by atoms with E-state index in [1.807, 2.05) is 0 Å². The second-order valence-electron chi connectivity index (χ2n) is 5.65. The van der Waals surface area contributed by atoms with Gasteiger partial charge in [-0.15, -0.1) is 11.3 Å². The standard InChI is InChI=1S/C13H22N2OS/c1-5-10(16-4)12-15-9-7-13(2,3)6-8(14)11(9)17-12/h8,10H,5-7,14H2,1-4H3. The third-order valence-corrected chi connectivity index (χ3v) is 4.75. The fourth-order valence-corrected chi connectivity index (χ4v) is 3.84. The topological polar surface area (TPSA) is 48.1 Å². The molecule has 0 radical (unpaired) electrons. The van der Waals surface area contributed by atoms with Crippen molar-refractivity contribution in [1.82, 2.24) is 4.98 Å². The molecule has 1 aliphatic carbocycles. The Hall–Kier alpha value is -0.450. The van der Waals surface area contributed by atoms with Crippen molar-refractivity contribution in [3.8, 4) is 0 Å². The molecule has 1 aliphatic rings. The van der Waals surface area contributed by atoms with Gasteiger partial charge in [0.05, 0.1) is 5.69 Å². The Bertz CT molecular complexity index is 396. The quantitative estimate of drug-likeness (QED) is 0.901. The van der Waals surface area contributed by atoms with Crippen LogP contribution in [0.25, 0.3) is 0 Å². The lowest BCUT2D eigenvalue weighted by atomic mass is 9.77. The van der Waals surface area contributed by atoms with Crippen molar-refractivity contribution in [2.75, 3.05) is 7.11 Å². The lowest BCUT2D eigenvalue weighted by Gasteiger charge is -2.32. The molecule has 2 rings (SSSR count). The number of nitrogens with zero attached hydrogens (tertiary/aromatic N) is 1. The molecular weight excluding hydrogens is 232 g/mol. The summed E-state index contributed by atoms with van der Waals surface area (Å²) in [6, 6.07) is 0.148. The molecule has 0 amide bonds. The molecular formula is C13H22N2OS. The van der Waals surface area contributed by atoms with Crippen LogP contribution in [-0.4, -0.2) is 12.1 Å². The van der Waals surface area contributed by atoms with Crippen LogP contribution in [0.3, 0.4) is 0 Å². The molecule has 0 saturated heterocycles. The van der Waals surface area contributed by atoms with Gasteiger partial charge in [-0.05, 0) is 24.7 Å². The van der Waals surface area contributed by atoms with E-state index in [1.54, 1.807) is 18.4 Å². The van der Waals surface area contributed by atoms with Gasteiger partial charge in [0, 0.05) is 18.0 Å². The number of methoxy groups -OCH3 is 1. The van der Waals surface area contributed by atoms with Crippen LogP contribution in [0.2, 0.25) is 0 Å². The van der Waals surface area contributed by atoms with Gasteiger partial charge in [0.2, 0.25) is 0 Å². The minimum Gasteiger partial charge on any atom is -0.374 e. The molecule has 1 aromatic rings. The number of hydrogen-bond donors (Lipinski definition) is 1. The second kappa shape index (κ2) is 4.67. The maximum absolute atomic E-state index is 6.25. The van der Waals surface area contributed by atoms with Crippen LogP contribution in [0, 0.1) is 5.41 Å². The molecule has 17 heavy (non-hydrogen) atoms. The number of ether oxygens (including phenoxy) is 1. The molecule has 0 fully saturated rings. The molecule has 0 spiro atoms. The fraction of sp³-hybridized carbons (Fsp3) is 0.769. The lowest BCUT2D eigenvalue weighted by molar-refractivity contribution is 0.0995. The fourth-order valence-electron chi connectivity index (χ4n) is 2.59. The van der Waals surface area contributed by atoms with Gasteiger partial charge in [-0.1, -0.05) is 20.8 Å². The first-order valence-corrected chi connectivity index (χ1v) is 7.06. The number of hydrogen-bond acceptors (Lipinski definition) is 4. The number of aromatic nitrogens is 1. The van der Waals surface area contributed by atoms with Gasteiger partial charge in [0.25, 0.3) is 0 Å². The normalized spacial score (nSPS) is 24.4. The molecule has 0 aromatic carbocycles. The van der Waals surface area contributed by atoms with E-state index in [0.717, 1.165) is 24.3 Å². The Morgan fingerprint density at radius 3 is 2.88 bits per heavy atom. The predicted molar refractivity (Wildman–Crippen MR) is 71.2 cm³/mol. The highest BCUT2D eigenvalue weighted by Crippen LogP contribution is 2.43.